The normalized spacial score (nSPS) is 24.2. The van der Waals surface area contributed by atoms with Gasteiger partial charge in [-0.15, -0.1) is 0 Å². The van der Waals surface area contributed by atoms with Crippen molar-refractivity contribution in [2.75, 3.05) is 19.6 Å². The summed E-state index contributed by atoms with van der Waals surface area (Å²) in [7, 11) is 1.93. The maximum atomic E-state index is 12.7. The predicted octanol–water partition coefficient (Wildman–Crippen LogP) is 3.83. The van der Waals surface area contributed by atoms with Gasteiger partial charge in [0.05, 0.1) is 0 Å². The molecule has 4 nitrogen and oxygen atoms in total. The third-order valence-corrected chi connectivity index (χ3v) is 6.23. The molecule has 0 saturated carbocycles. The van der Waals surface area contributed by atoms with Gasteiger partial charge in [0.15, 0.2) is 0 Å². The molecule has 0 unspecified atom stereocenters. The predicted molar refractivity (Wildman–Crippen MR) is 102 cm³/mol. The van der Waals surface area contributed by atoms with Gasteiger partial charge in [-0.3, -0.25) is 4.79 Å². The first-order valence-corrected chi connectivity index (χ1v) is 9.78. The van der Waals surface area contributed by atoms with Crippen LogP contribution in [0.4, 0.5) is 0 Å². The molecule has 0 spiro atoms. The molecule has 0 radical (unpaired) electrons. The average Bonchev–Trinajstić information content (AvgIpc) is 2.96. The summed E-state index contributed by atoms with van der Waals surface area (Å²) >= 11 is 6.09. The topological polar surface area (TPSA) is 37.3 Å². The van der Waals surface area contributed by atoms with Gasteiger partial charge in [0, 0.05) is 35.6 Å². The molecule has 2 fully saturated rings. The van der Waals surface area contributed by atoms with Gasteiger partial charge in [-0.2, -0.15) is 0 Å². The Morgan fingerprint density at radius 2 is 2.04 bits per heavy atom. The number of nitrogens with one attached hydrogen (secondary N) is 1. The summed E-state index contributed by atoms with van der Waals surface area (Å²) in [6.45, 7) is 3.25. The number of halogens is 1. The fourth-order valence-electron chi connectivity index (χ4n) is 4.65. The third kappa shape index (κ3) is 3.30. The molecule has 134 valence electrons. The van der Waals surface area contributed by atoms with Crippen molar-refractivity contribution in [2.45, 2.75) is 38.1 Å². The summed E-state index contributed by atoms with van der Waals surface area (Å²) in [5.41, 5.74) is 1.70. The second kappa shape index (κ2) is 7.00. The standard InChI is InChI=1S/C20H26ClN3O/c1-23-18-12-16(21)8-7-14(18)11-19(23)20(25)22-13-15-5-4-10-24-9-3-2-6-17(15)24/h7-8,11-12,15,17H,2-6,9-10,13H2,1H3,(H,22,25)/t15-,17-/m1/s1. The van der Waals surface area contributed by atoms with Crippen molar-refractivity contribution >= 4 is 28.4 Å². The zero-order valence-electron chi connectivity index (χ0n) is 14.8. The number of benzene rings is 1. The van der Waals surface area contributed by atoms with Crippen LogP contribution in [0.2, 0.25) is 5.02 Å². The largest absolute Gasteiger partial charge is 0.350 e. The van der Waals surface area contributed by atoms with E-state index in [0.717, 1.165) is 17.4 Å². The van der Waals surface area contributed by atoms with Crippen LogP contribution in [0, 0.1) is 5.92 Å². The number of fused-ring (bicyclic) bond motifs is 2. The molecule has 0 bridgehead atoms. The van der Waals surface area contributed by atoms with Gasteiger partial charge < -0.3 is 14.8 Å². The minimum atomic E-state index is 0.0164. The second-order valence-electron chi connectivity index (χ2n) is 7.50. The number of rotatable bonds is 3. The minimum Gasteiger partial charge on any atom is -0.350 e. The zero-order valence-corrected chi connectivity index (χ0v) is 15.6. The summed E-state index contributed by atoms with van der Waals surface area (Å²) < 4.78 is 1.93. The smallest absolute Gasteiger partial charge is 0.267 e. The van der Waals surface area contributed by atoms with E-state index in [1.165, 1.54) is 45.2 Å². The number of piperidine rings is 2. The molecular weight excluding hydrogens is 334 g/mol. The lowest BCUT2D eigenvalue weighted by molar-refractivity contribution is 0.0574. The summed E-state index contributed by atoms with van der Waals surface area (Å²) in [5.74, 6) is 0.602. The molecule has 3 heterocycles. The van der Waals surface area contributed by atoms with Crippen molar-refractivity contribution in [1.82, 2.24) is 14.8 Å². The Labute approximate surface area is 154 Å². The molecule has 1 aromatic heterocycles. The first-order chi connectivity index (χ1) is 12.1. The van der Waals surface area contributed by atoms with Crippen LogP contribution in [0.25, 0.3) is 10.9 Å². The number of carbonyl (C=O) groups excluding carboxylic acids is 1. The first-order valence-electron chi connectivity index (χ1n) is 9.41. The molecule has 1 aromatic carbocycles. The van der Waals surface area contributed by atoms with Gasteiger partial charge in [0.25, 0.3) is 5.91 Å². The molecule has 2 atom stereocenters. The van der Waals surface area contributed by atoms with E-state index in [1.807, 2.05) is 35.9 Å². The van der Waals surface area contributed by atoms with Gasteiger partial charge in [-0.05, 0) is 62.9 Å². The third-order valence-electron chi connectivity index (χ3n) is 5.99. The molecule has 2 saturated heterocycles. The Morgan fingerprint density at radius 1 is 1.20 bits per heavy atom. The number of aryl methyl sites for hydroxylation is 1. The lowest BCUT2D eigenvalue weighted by atomic mass is 9.83. The van der Waals surface area contributed by atoms with E-state index in [2.05, 4.69) is 10.2 Å². The first kappa shape index (κ1) is 16.9. The second-order valence-corrected chi connectivity index (χ2v) is 7.94. The molecule has 4 rings (SSSR count). The summed E-state index contributed by atoms with van der Waals surface area (Å²) in [6.07, 6.45) is 6.42. The van der Waals surface area contributed by atoms with Gasteiger partial charge in [0.2, 0.25) is 0 Å². The van der Waals surface area contributed by atoms with Gasteiger partial charge >= 0.3 is 0 Å². The lowest BCUT2D eigenvalue weighted by Gasteiger charge is -2.44. The van der Waals surface area contributed by atoms with E-state index in [1.54, 1.807) is 0 Å². The van der Waals surface area contributed by atoms with Crippen molar-refractivity contribution in [3.8, 4) is 0 Å². The van der Waals surface area contributed by atoms with Crippen LogP contribution in [-0.2, 0) is 7.05 Å². The van der Waals surface area contributed by atoms with Crippen LogP contribution in [0.1, 0.15) is 42.6 Å². The maximum absolute atomic E-state index is 12.7. The van der Waals surface area contributed by atoms with Gasteiger partial charge in [-0.25, -0.2) is 0 Å². The van der Waals surface area contributed by atoms with Crippen molar-refractivity contribution in [1.29, 1.82) is 0 Å². The van der Waals surface area contributed by atoms with Crippen LogP contribution in [-0.4, -0.2) is 41.1 Å². The SMILES string of the molecule is Cn1c(C(=O)NC[C@H]2CCCN3CCCC[C@H]23)cc2ccc(Cl)cc21. The number of nitrogens with zero attached hydrogens (tertiary/aromatic N) is 2. The van der Waals surface area contributed by atoms with E-state index >= 15 is 0 Å². The Hall–Kier alpha value is -1.52. The van der Waals surface area contributed by atoms with Gasteiger partial charge in [0.1, 0.15) is 5.69 Å². The van der Waals surface area contributed by atoms with Gasteiger partial charge in [-0.1, -0.05) is 24.1 Å². The minimum absolute atomic E-state index is 0.0164. The zero-order chi connectivity index (χ0) is 17.4. The van der Waals surface area contributed by atoms with Crippen molar-refractivity contribution in [3.05, 3.63) is 35.0 Å². The van der Waals surface area contributed by atoms with Crippen molar-refractivity contribution in [2.24, 2.45) is 13.0 Å². The van der Waals surface area contributed by atoms with Crippen LogP contribution < -0.4 is 5.32 Å². The number of amides is 1. The molecule has 0 aliphatic carbocycles. The molecule has 1 amide bonds. The number of carbonyl (C=O) groups is 1. The molecule has 1 N–H and O–H groups in total. The highest BCUT2D eigenvalue weighted by atomic mass is 35.5. The molecule has 25 heavy (non-hydrogen) atoms. The van der Waals surface area contributed by atoms with Crippen LogP contribution in [0.3, 0.4) is 0 Å². The Bertz CT molecular complexity index is 783. The van der Waals surface area contributed by atoms with Crippen LogP contribution in [0.5, 0.6) is 0 Å². The molecule has 5 heteroatoms. The average molecular weight is 360 g/mol. The molecule has 2 aliphatic heterocycles. The summed E-state index contributed by atoms with van der Waals surface area (Å²) in [6, 6.07) is 8.36. The van der Waals surface area contributed by atoms with E-state index < -0.39 is 0 Å². The molecule has 2 aliphatic rings. The van der Waals surface area contributed by atoms with E-state index in [0.29, 0.717) is 22.7 Å². The highest BCUT2D eigenvalue weighted by Crippen LogP contribution is 2.30. The maximum Gasteiger partial charge on any atom is 0.267 e. The van der Waals surface area contributed by atoms with E-state index in [-0.39, 0.29) is 5.91 Å². The number of aromatic nitrogens is 1. The lowest BCUT2D eigenvalue weighted by Crippen LogP contribution is -2.51. The highest BCUT2D eigenvalue weighted by molar-refractivity contribution is 6.31. The molecule has 2 aromatic rings. The monoisotopic (exact) mass is 359 g/mol. The van der Waals surface area contributed by atoms with Crippen LogP contribution >= 0.6 is 11.6 Å². The highest BCUT2D eigenvalue weighted by Gasteiger charge is 2.33. The fourth-order valence-corrected chi connectivity index (χ4v) is 4.82. The summed E-state index contributed by atoms with van der Waals surface area (Å²) in [4.78, 5) is 15.4. The van der Waals surface area contributed by atoms with Crippen LogP contribution in [0.15, 0.2) is 24.3 Å². The van der Waals surface area contributed by atoms with E-state index in [4.69, 9.17) is 11.6 Å². The van der Waals surface area contributed by atoms with Crippen molar-refractivity contribution in [3.63, 3.8) is 0 Å². The van der Waals surface area contributed by atoms with Crippen molar-refractivity contribution < 1.29 is 4.79 Å². The Morgan fingerprint density at radius 3 is 2.92 bits per heavy atom. The number of hydrogen-bond donors (Lipinski definition) is 1. The number of hydrogen-bond acceptors (Lipinski definition) is 2. The fraction of sp³-hybridized carbons (Fsp3) is 0.550. The quantitative estimate of drug-likeness (QED) is 0.904. The molecular formula is C20H26ClN3O. The Kier molecular flexibility index (Phi) is 4.74. The van der Waals surface area contributed by atoms with E-state index in [9.17, 15) is 4.79 Å². The summed E-state index contributed by atoms with van der Waals surface area (Å²) in [5, 5.41) is 4.94. The Balaban J connectivity index is 1.46.